The second-order valence-corrected chi connectivity index (χ2v) is 5.24. The summed E-state index contributed by atoms with van der Waals surface area (Å²) in [4.78, 5) is 0. The van der Waals surface area contributed by atoms with Crippen molar-refractivity contribution >= 4 is 0 Å². The van der Waals surface area contributed by atoms with Gasteiger partial charge in [-0.25, -0.2) is 0 Å². The minimum Gasteiger partial charge on any atom is -0.192 e. The molecule has 19 heavy (non-hydrogen) atoms. The van der Waals surface area contributed by atoms with Gasteiger partial charge < -0.3 is 0 Å². The second-order valence-electron chi connectivity index (χ2n) is 5.24. The van der Waals surface area contributed by atoms with Gasteiger partial charge in [-0.1, -0.05) is 43.5 Å². The first-order valence-electron chi connectivity index (χ1n) is 7.07. The lowest BCUT2D eigenvalue weighted by Gasteiger charge is -2.24. The summed E-state index contributed by atoms with van der Waals surface area (Å²) in [6.45, 7) is 2.09. The number of aryl methyl sites for hydroxylation is 1. The molecule has 0 amide bonds. The van der Waals surface area contributed by atoms with Crippen LogP contribution >= 0.6 is 0 Å². The van der Waals surface area contributed by atoms with Gasteiger partial charge in [0.05, 0.1) is 0 Å². The van der Waals surface area contributed by atoms with Crippen LogP contribution in [0.5, 0.6) is 0 Å². The third kappa shape index (κ3) is 3.80. The molecule has 0 aliphatic heterocycles. The van der Waals surface area contributed by atoms with E-state index in [0.717, 1.165) is 24.8 Å². The van der Waals surface area contributed by atoms with E-state index in [9.17, 15) is 8.78 Å². The molecule has 0 saturated heterocycles. The molecule has 0 radical (unpaired) electrons. The Morgan fingerprint density at radius 1 is 1.16 bits per heavy atom. The Hall–Kier alpha value is -1.36. The van der Waals surface area contributed by atoms with E-state index in [2.05, 4.69) is 18.8 Å². The third-order valence-corrected chi connectivity index (χ3v) is 3.79. The zero-order chi connectivity index (χ0) is 13.7. The molecule has 0 bridgehead atoms. The van der Waals surface area contributed by atoms with Crippen LogP contribution in [0.3, 0.4) is 0 Å². The van der Waals surface area contributed by atoms with Crippen LogP contribution in [0.4, 0.5) is 8.78 Å². The highest BCUT2D eigenvalue weighted by Gasteiger charge is 2.37. The van der Waals surface area contributed by atoms with Crippen LogP contribution in [0.2, 0.25) is 0 Å². The average Bonchev–Trinajstić information content (AvgIpc) is 2.40. The zero-order valence-corrected chi connectivity index (χ0v) is 11.4. The van der Waals surface area contributed by atoms with E-state index in [1.807, 2.05) is 24.3 Å². The van der Waals surface area contributed by atoms with Crippen LogP contribution in [0.1, 0.15) is 43.7 Å². The molecule has 0 heterocycles. The molecule has 0 fully saturated rings. The molecule has 0 spiro atoms. The van der Waals surface area contributed by atoms with Gasteiger partial charge in [-0.05, 0) is 42.7 Å². The summed E-state index contributed by atoms with van der Waals surface area (Å²) in [5, 5.41) is 0. The van der Waals surface area contributed by atoms with Crippen LogP contribution in [0.25, 0.3) is 0 Å². The van der Waals surface area contributed by atoms with Gasteiger partial charge in [0.25, 0.3) is 0 Å². The van der Waals surface area contributed by atoms with E-state index >= 15 is 0 Å². The summed E-state index contributed by atoms with van der Waals surface area (Å²) in [5.41, 5.74) is 2.23. The Morgan fingerprint density at radius 3 is 2.53 bits per heavy atom. The van der Waals surface area contributed by atoms with Crippen molar-refractivity contribution in [2.24, 2.45) is 5.92 Å². The second kappa shape index (κ2) is 6.19. The maximum atomic E-state index is 14.0. The van der Waals surface area contributed by atoms with Crippen LogP contribution in [0.15, 0.2) is 24.3 Å². The molecule has 1 aliphatic carbocycles. The first-order chi connectivity index (χ1) is 9.12. The average molecular weight is 262 g/mol. The summed E-state index contributed by atoms with van der Waals surface area (Å²) < 4.78 is 27.9. The maximum absolute atomic E-state index is 14.0. The van der Waals surface area contributed by atoms with Crippen molar-refractivity contribution in [3.8, 4) is 11.8 Å². The van der Waals surface area contributed by atoms with E-state index in [0.29, 0.717) is 19.3 Å². The molecule has 0 aromatic heterocycles. The van der Waals surface area contributed by atoms with Gasteiger partial charge in [0, 0.05) is 12.3 Å². The minimum atomic E-state index is -2.84. The molecule has 1 unspecified atom stereocenters. The van der Waals surface area contributed by atoms with Gasteiger partial charge in [0.1, 0.15) is 0 Å². The van der Waals surface area contributed by atoms with E-state index in [1.165, 1.54) is 5.56 Å². The Bertz CT molecular complexity index is 462. The summed E-state index contributed by atoms with van der Waals surface area (Å²) in [6, 6.07) is 8.01. The van der Waals surface area contributed by atoms with Crippen molar-refractivity contribution in [2.75, 3.05) is 0 Å². The number of rotatable bonds is 3. The van der Waals surface area contributed by atoms with Gasteiger partial charge in [-0.15, -0.1) is 0 Å². The van der Waals surface area contributed by atoms with Crippen molar-refractivity contribution in [1.29, 1.82) is 0 Å². The number of halogens is 2. The summed E-state index contributed by atoms with van der Waals surface area (Å²) >= 11 is 0. The molecule has 1 aromatic rings. The highest BCUT2D eigenvalue weighted by molar-refractivity contribution is 5.24. The number of benzene rings is 1. The van der Waals surface area contributed by atoms with E-state index in [1.54, 1.807) is 0 Å². The Balaban J connectivity index is 2.11. The van der Waals surface area contributed by atoms with Crippen LogP contribution in [0, 0.1) is 17.8 Å². The van der Waals surface area contributed by atoms with E-state index < -0.39 is 11.8 Å². The quantitative estimate of drug-likeness (QED) is 0.697. The standard InChI is InChI=1S/C17H20F2/c1-2-14-8-10-15(11-9-14)13-16-7-5-3-4-6-12-17(16,18)19/h8-11,16H,2-5,7,13H2,1H3. The fraction of sp³-hybridized carbons (Fsp3) is 0.529. The first kappa shape index (κ1) is 14.1. The van der Waals surface area contributed by atoms with E-state index in [4.69, 9.17) is 0 Å². The Labute approximate surface area is 114 Å². The van der Waals surface area contributed by atoms with Crippen molar-refractivity contribution in [2.45, 2.75) is 51.4 Å². The third-order valence-electron chi connectivity index (χ3n) is 3.79. The fourth-order valence-electron chi connectivity index (χ4n) is 2.49. The molecule has 1 aliphatic rings. The van der Waals surface area contributed by atoms with Gasteiger partial charge in [-0.2, -0.15) is 8.78 Å². The smallest absolute Gasteiger partial charge is 0.192 e. The molecule has 0 saturated carbocycles. The molecule has 0 nitrogen and oxygen atoms in total. The fourth-order valence-corrected chi connectivity index (χ4v) is 2.49. The van der Waals surface area contributed by atoms with E-state index in [-0.39, 0.29) is 0 Å². The van der Waals surface area contributed by atoms with Crippen LogP contribution < -0.4 is 0 Å². The predicted molar refractivity (Wildman–Crippen MR) is 74.2 cm³/mol. The van der Waals surface area contributed by atoms with Crippen LogP contribution in [-0.4, -0.2) is 5.92 Å². The summed E-state index contributed by atoms with van der Waals surface area (Å²) in [6.07, 6.45) is 4.36. The van der Waals surface area contributed by atoms with Gasteiger partial charge in [0.2, 0.25) is 0 Å². The number of hydrogen-bond acceptors (Lipinski definition) is 0. The monoisotopic (exact) mass is 262 g/mol. The van der Waals surface area contributed by atoms with Crippen LogP contribution in [-0.2, 0) is 12.8 Å². The molecular weight excluding hydrogens is 242 g/mol. The Morgan fingerprint density at radius 2 is 1.84 bits per heavy atom. The topological polar surface area (TPSA) is 0 Å². The lowest BCUT2D eigenvalue weighted by Crippen LogP contribution is -2.29. The zero-order valence-electron chi connectivity index (χ0n) is 11.4. The molecule has 0 N–H and O–H groups in total. The van der Waals surface area contributed by atoms with Crippen molar-refractivity contribution in [3.63, 3.8) is 0 Å². The normalized spacial score (nSPS) is 21.9. The lowest BCUT2D eigenvalue weighted by molar-refractivity contribution is -0.00442. The summed E-state index contributed by atoms with van der Waals surface area (Å²) in [7, 11) is 0. The lowest BCUT2D eigenvalue weighted by atomic mass is 9.87. The molecule has 2 heteroatoms. The number of hydrogen-bond donors (Lipinski definition) is 0. The largest absolute Gasteiger partial charge is 0.311 e. The maximum Gasteiger partial charge on any atom is 0.311 e. The van der Waals surface area contributed by atoms with Gasteiger partial charge >= 0.3 is 5.92 Å². The first-order valence-corrected chi connectivity index (χ1v) is 7.07. The van der Waals surface area contributed by atoms with Gasteiger partial charge in [0.15, 0.2) is 0 Å². The number of alkyl halides is 2. The minimum absolute atomic E-state index is 0.422. The molecule has 2 rings (SSSR count). The van der Waals surface area contributed by atoms with Crippen molar-refractivity contribution < 1.29 is 8.78 Å². The SMILES string of the molecule is CCc1ccc(CC2CCCCC#CC2(F)F)cc1. The molecule has 102 valence electrons. The highest BCUT2D eigenvalue weighted by atomic mass is 19.3. The van der Waals surface area contributed by atoms with Gasteiger partial charge in [-0.3, -0.25) is 0 Å². The Kier molecular flexibility index (Phi) is 4.58. The van der Waals surface area contributed by atoms with Crippen molar-refractivity contribution in [1.82, 2.24) is 0 Å². The summed E-state index contributed by atoms with van der Waals surface area (Å²) in [5.74, 6) is 1.29. The molecular formula is C17H20F2. The van der Waals surface area contributed by atoms with Crippen molar-refractivity contribution in [3.05, 3.63) is 35.4 Å². The highest BCUT2D eigenvalue weighted by Crippen LogP contribution is 2.32. The molecule has 1 aromatic carbocycles. The predicted octanol–water partition coefficient (Wildman–Crippen LogP) is 4.62. The molecule has 1 atom stereocenters.